The van der Waals surface area contributed by atoms with Gasteiger partial charge in [0.15, 0.2) is 6.61 Å². The number of rotatable bonds is 12. The molecule has 1 aliphatic rings. The van der Waals surface area contributed by atoms with Crippen molar-refractivity contribution >= 4 is 50.4 Å². The zero-order valence-electron chi connectivity index (χ0n) is 25.1. The molecule has 11 heteroatoms. The molecule has 230 valence electrons. The maximum atomic E-state index is 12.7. The first-order valence-corrected chi connectivity index (χ1v) is 16.4. The number of amides is 1. The molecule has 3 aromatic rings. The summed E-state index contributed by atoms with van der Waals surface area (Å²) < 4.78 is 37.7. The molecule has 1 heterocycles. The second-order valence-corrected chi connectivity index (χ2v) is 13.7. The fourth-order valence-corrected chi connectivity index (χ4v) is 7.01. The molecule has 0 bridgehead atoms. The van der Waals surface area contributed by atoms with Crippen molar-refractivity contribution in [1.82, 2.24) is 4.72 Å². The third-order valence-corrected chi connectivity index (χ3v) is 9.86. The number of nitriles is 1. The van der Waals surface area contributed by atoms with E-state index in [0.29, 0.717) is 17.2 Å². The number of carbonyl (C=O) groups excluding carboxylic acids is 2. The Balaban J connectivity index is 1.36. The van der Waals surface area contributed by atoms with Gasteiger partial charge in [0.1, 0.15) is 16.8 Å². The van der Waals surface area contributed by atoms with Crippen molar-refractivity contribution in [2.45, 2.75) is 50.8 Å². The van der Waals surface area contributed by atoms with E-state index in [4.69, 9.17) is 9.47 Å². The highest BCUT2D eigenvalue weighted by Gasteiger charge is 2.33. The third kappa shape index (κ3) is 8.23. The number of sulfonamides is 1. The van der Waals surface area contributed by atoms with Gasteiger partial charge in [-0.15, -0.1) is 11.3 Å². The number of allylic oxidation sites excluding steroid dienone is 2. The van der Waals surface area contributed by atoms with Gasteiger partial charge in [-0.1, -0.05) is 55.8 Å². The number of hydrogen-bond donors (Lipinski definition) is 2. The lowest BCUT2D eigenvalue weighted by atomic mass is 9.77. The lowest BCUT2D eigenvalue weighted by Gasteiger charge is -2.29. The van der Waals surface area contributed by atoms with Gasteiger partial charge in [-0.2, -0.15) is 5.26 Å². The van der Waals surface area contributed by atoms with Crippen LogP contribution >= 0.6 is 11.3 Å². The molecule has 1 aliphatic carbocycles. The number of ether oxygens (including phenoxy) is 2. The van der Waals surface area contributed by atoms with Gasteiger partial charge in [0.2, 0.25) is 10.0 Å². The van der Waals surface area contributed by atoms with Crippen LogP contribution in [-0.4, -0.2) is 40.1 Å². The van der Waals surface area contributed by atoms with E-state index in [1.807, 2.05) is 56.3 Å². The molecule has 2 N–H and O–H groups in total. The molecule has 0 unspecified atom stereocenters. The standard InChI is InChI=1S/C33H35N3O6S2/c1-5-41-25-12-10-23(11-13-25)8-9-24-18-27-28(20-34)32(43-31(27)33(3,4)19-24)36-29(37)21-42-30(38)16-17-35-44(39,40)26-14-6-22(2)7-15-26/h6-15,18,35H,5,16-17,19,21H2,1-4H3,(H,36,37). The molecule has 44 heavy (non-hydrogen) atoms. The lowest BCUT2D eigenvalue weighted by molar-refractivity contribution is -0.147. The van der Waals surface area contributed by atoms with Crippen LogP contribution in [0.4, 0.5) is 5.00 Å². The molecular formula is C33H35N3O6S2. The summed E-state index contributed by atoms with van der Waals surface area (Å²) in [6.07, 6.45) is 6.54. The summed E-state index contributed by atoms with van der Waals surface area (Å²) in [5.74, 6) is -0.508. The number of thiophene rings is 1. The quantitative estimate of drug-likeness (QED) is 0.235. The topological polar surface area (TPSA) is 135 Å². The monoisotopic (exact) mass is 633 g/mol. The van der Waals surface area contributed by atoms with Crippen LogP contribution in [0.5, 0.6) is 5.75 Å². The number of nitrogens with one attached hydrogen (secondary N) is 2. The van der Waals surface area contributed by atoms with Gasteiger partial charge in [0.25, 0.3) is 5.91 Å². The Hall–Kier alpha value is -4.24. The van der Waals surface area contributed by atoms with Gasteiger partial charge in [0, 0.05) is 22.4 Å². The summed E-state index contributed by atoms with van der Waals surface area (Å²) in [4.78, 5) is 25.9. The molecule has 4 rings (SSSR count). The van der Waals surface area contributed by atoms with Crippen LogP contribution in [-0.2, 0) is 29.8 Å². The largest absolute Gasteiger partial charge is 0.494 e. The Morgan fingerprint density at radius 3 is 2.45 bits per heavy atom. The molecule has 0 radical (unpaired) electrons. The summed E-state index contributed by atoms with van der Waals surface area (Å²) >= 11 is 1.34. The number of hydrogen-bond acceptors (Lipinski definition) is 8. The first kappa shape index (κ1) is 32.7. The van der Waals surface area contributed by atoms with Crippen molar-refractivity contribution in [2.24, 2.45) is 0 Å². The highest BCUT2D eigenvalue weighted by Crippen LogP contribution is 2.47. The average molecular weight is 634 g/mol. The number of aryl methyl sites for hydroxylation is 1. The minimum Gasteiger partial charge on any atom is -0.494 e. The zero-order chi connectivity index (χ0) is 31.9. The molecular weight excluding hydrogens is 599 g/mol. The molecule has 0 spiro atoms. The number of nitrogens with zero attached hydrogens (tertiary/aromatic N) is 1. The summed E-state index contributed by atoms with van der Waals surface area (Å²) in [6.45, 7) is 7.86. The summed E-state index contributed by atoms with van der Waals surface area (Å²) in [6, 6.07) is 16.4. The molecule has 1 aromatic heterocycles. The second kappa shape index (κ2) is 14.0. The lowest BCUT2D eigenvalue weighted by Crippen LogP contribution is -2.28. The van der Waals surface area contributed by atoms with Crippen molar-refractivity contribution in [2.75, 3.05) is 25.1 Å². The highest BCUT2D eigenvalue weighted by molar-refractivity contribution is 7.89. The van der Waals surface area contributed by atoms with Gasteiger partial charge >= 0.3 is 5.97 Å². The number of fused-ring (bicyclic) bond motifs is 1. The van der Waals surface area contributed by atoms with E-state index in [-0.39, 0.29) is 23.3 Å². The van der Waals surface area contributed by atoms with Crippen LogP contribution in [0.2, 0.25) is 0 Å². The molecule has 0 atom stereocenters. The van der Waals surface area contributed by atoms with E-state index in [1.165, 1.54) is 23.5 Å². The maximum Gasteiger partial charge on any atom is 0.307 e. The van der Waals surface area contributed by atoms with Gasteiger partial charge in [0.05, 0.1) is 23.5 Å². The minimum absolute atomic E-state index is 0.0941. The molecule has 2 aromatic carbocycles. The van der Waals surface area contributed by atoms with E-state index < -0.39 is 28.5 Å². The normalized spacial score (nSPS) is 13.9. The summed E-state index contributed by atoms with van der Waals surface area (Å²) in [7, 11) is -3.77. The number of carbonyl (C=O) groups is 2. The van der Waals surface area contributed by atoms with Crippen molar-refractivity contribution in [3.63, 3.8) is 0 Å². The van der Waals surface area contributed by atoms with Gasteiger partial charge < -0.3 is 14.8 Å². The Morgan fingerprint density at radius 2 is 1.80 bits per heavy atom. The Morgan fingerprint density at radius 1 is 1.09 bits per heavy atom. The van der Waals surface area contributed by atoms with E-state index in [1.54, 1.807) is 12.1 Å². The molecule has 9 nitrogen and oxygen atoms in total. The fourth-order valence-electron chi connectivity index (χ4n) is 4.73. The van der Waals surface area contributed by atoms with Crippen molar-refractivity contribution in [3.8, 4) is 11.8 Å². The average Bonchev–Trinajstić information content (AvgIpc) is 3.33. The predicted octanol–water partition coefficient (Wildman–Crippen LogP) is 5.96. The van der Waals surface area contributed by atoms with E-state index in [9.17, 15) is 23.3 Å². The SMILES string of the molecule is CCOc1ccc(C=CC2=Cc3c(sc(NC(=O)COC(=O)CCNS(=O)(=O)c4ccc(C)cc4)c3C#N)C(C)(C)C2)cc1. The van der Waals surface area contributed by atoms with Crippen LogP contribution in [0.15, 0.2) is 65.1 Å². The van der Waals surface area contributed by atoms with E-state index >= 15 is 0 Å². The number of esters is 1. The molecule has 0 saturated carbocycles. The molecule has 1 amide bonds. The van der Waals surface area contributed by atoms with Crippen molar-refractivity contribution in [1.29, 1.82) is 5.26 Å². The van der Waals surface area contributed by atoms with Crippen LogP contribution in [0, 0.1) is 18.3 Å². The van der Waals surface area contributed by atoms with Crippen LogP contribution in [0.25, 0.3) is 12.2 Å². The number of benzene rings is 2. The summed E-state index contributed by atoms with van der Waals surface area (Å²) in [5.41, 5.74) is 3.85. The predicted molar refractivity (Wildman–Crippen MR) is 172 cm³/mol. The van der Waals surface area contributed by atoms with Gasteiger partial charge in [-0.3, -0.25) is 9.59 Å². The maximum absolute atomic E-state index is 12.7. The fraction of sp³-hybridized carbons (Fsp3) is 0.303. The minimum atomic E-state index is -3.77. The van der Waals surface area contributed by atoms with Gasteiger partial charge in [-0.05, 0) is 61.7 Å². The first-order chi connectivity index (χ1) is 20.9. The van der Waals surface area contributed by atoms with Gasteiger partial charge in [-0.25, -0.2) is 13.1 Å². The second-order valence-electron chi connectivity index (χ2n) is 10.9. The smallest absolute Gasteiger partial charge is 0.307 e. The van der Waals surface area contributed by atoms with Crippen LogP contribution in [0.1, 0.15) is 60.7 Å². The first-order valence-electron chi connectivity index (χ1n) is 14.1. The Bertz CT molecular complexity index is 1730. The highest BCUT2D eigenvalue weighted by atomic mass is 32.2. The number of anilines is 1. The van der Waals surface area contributed by atoms with E-state index in [0.717, 1.165) is 39.3 Å². The van der Waals surface area contributed by atoms with Crippen molar-refractivity contribution < 1.29 is 27.5 Å². The molecule has 0 aliphatic heterocycles. The Labute approximate surface area is 262 Å². The zero-order valence-corrected chi connectivity index (χ0v) is 26.7. The van der Waals surface area contributed by atoms with Crippen LogP contribution < -0.4 is 14.8 Å². The molecule has 0 saturated heterocycles. The third-order valence-electron chi connectivity index (χ3n) is 6.90. The van der Waals surface area contributed by atoms with E-state index in [2.05, 4.69) is 30.0 Å². The summed E-state index contributed by atoms with van der Waals surface area (Å²) in [5, 5.41) is 13.1. The Kier molecular flexibility index (Phi) is 10.4. The molecule has 0 fully saturated rings. The van der Waals surface area contributed by atoms with Crippen LogP contribution in [0.3, 0.4) is 0 Å². The van der Waals surface area contributed by atoms with Crippen molar-refractivity contribution in [3.05, 3.63) is 87.3 Å².